The summed E-state index contributed by atoms with van der Waals surface area (Å²) in [6.07, 6.45) is 1.20. The molecule has 0 saturated heterocycles. The molecule has 0 saturated carbocycles. The average Bonchev–Trinajstić information content (AvgIpc) is 2.02. The van der Waals surface area contributed by atoms with Gasteiger partial charge in [0.25, 0.3) is 0 Å². The van der Waals surface area contributed by atoms with E-state index in [2.05, 4.69) is 6.58 Å². The van der Waals surface area contributed by atoms with Gasteiger partial charge in [-0.2, -0.15) is 0 Å². The highest BCUT2D eigenvalue weighted by molar-refractivity contribution is 5.77. The van der Waals surface area contributed by atoms with Crippen LogP contribution in [0.1, 0.15) is 34.6 Å². The molecule has 0 aromatic carbocycles. The van der Waals surface area contributed by atoms with Crippen molar-refractivity contribution in [2.24, 2.45) is 17.3 Å². The summed E-state index contributed by atoms with van der Waals surface area (Å²) < 4.78 is 4.85. The van der Waals surface area contributed by atoms with Crippen molar-refractivity contribution in [3.63, 3.8) is 0 Å². The van der Waals surface area contributed by atoms with Crippen LogP contribution in [0, 0.1) is 17.3 Å². The Morgan fingerprint density at radius 2 is 1.69 bits per heavy atom. The molecular weight excluding hydrogens is 164 g/mol. The molecule has 0 amide bonds. The number of carbonyl (C=O) groups excluding carboxylic acids is 1. The lowest BCUT2D eigenvalue weighted by Gasteiger charge is -2.34. The maximum Gasteiger partial charge on any atom is 0.317 e. The summed E-state index contributed by atoms with van der Waals surface area (Å²) in [7, 11) is 0. The van der Waals surface area contributed by atoms with E-state index in [1.165, 1.54) is 6.26 Å². The highest BCUT2D eigenvalue weighted by Gasteiger charge is 2.40. The number of rotatable bonds is 4. The molecular formula is C11H20O2. The molecule has 0 aliphatic carbocycles. The standard InChI is InChI=1S/C11H20O2/c1-7-13-10(12)11(6,8(2)3)9(4)5/h7-9H,1H2,2-6H3. The van der Waals surface area contributed by atoms with Crippen molar-refractivity contribution in [2.45, 2.75) is 34.6 Å². The molecule has 76 valence electrons. The molecule has 0 aliphatic heterocycles. The second-order valence-corrected chi connectivity index (χ2v) is 4.16. The van der Waals surface area contributed by atoms with Gasteiger partial charge in [-0.25, -0.2) is 0 Å². The van der Waals surface area contributed by atoms with E-state index in [9.17, 15) is 4.79 Å². The van der Waals surface area contributed by atoms with E-state index in [1.807, 2.05) is 34.6 Å². The van der Waals surface area contributed by atoms with Gasteiger partial charge in [0.15, 0.2) is 0 Å². The molecule has 2 heteroatoms. The molecule has 0 heterocycles. The third-order valence-electron chi connectivity index (χ3n) is 3.03. The van der Waals surface area contributed by atoms with Crippen molar-refractivity contribution < 1.29 is 9.53 Å². The second kappa shape index (κ2) is 4.45. The van der Waals surface area contributed by atoms with Gasteiger partial charge in [0.05, 0.1) is 11.7 Å². The number of hydrogen-bond donors (Lipinski definition) is 0. The summed E-state index contributed by atoms with van der Waals surface area (Å²) in [6.45, 7) is 13.5. The van der Waals surface area contributed by atoms with Crippen LogP contribution in [-0.4, -0.2) is 5.97 Å². The van der Waals surface area contributed by atoms with Gasteiger partial charge in [0.1, 0.15) is 0 Å². The summed E-state index contributed by atoms with van der Waals surface area (Å²) in [4.78, 5) is 11.7. The minimum atomic E-state index is -0.422. The van der Waals surface area contributed by atoms with Gasteiger partial charge < -0.3 is 4.74 Å². The maximum atomic E-state index is 11.7. The second-order valence-electron chi connectivity index (χ2n) is 4.16. The Morgan fingerprint density at radius 3 is 1.92 bits per heavy atom. The Balaban J connectivity index is 4.78. The molecule has 0 aromatic rings. The van der Waals surface area contributed by atoms with E-state index in [-0.39, 0.29) is 17.8 Å². The molecule has 0 atom stereocenters. The van der Waals surface area contributed by atoms with Gasteiger partial charge in [0.2, 0.25) is 0 Å². The fourth-order valence-electron chi connectivity index (χ4n) is 1.34. The fraction of sp³-hybridized carbons (Fsp3) is 0.727. The van der Waals surface area contributed by atoms with Gasteiger partial charge in [-0.15, -0.1) is 0 Å². The van der Waals surface area contributed by atoms with Crippen molar-refractivity contribution in [1.29, 1.82) is 0 Å². The van der Waals surface area contributed by atoms with Crippen LogP contribution in [0.5, 0.6) is 0 Å². The smallest absolute Gasteiger partial charge is 0.317 e. The highest BCUT2D eigenvalue weighted by Crippen LogP contribution is 2.36. The first-order valence-electron chi connectivity index (χ1n) is 4.69. The van der Waals surface area contributed by atoms with Crippen molar-refractivity contribution in [3.8, 4) is 0 Å². The van der Waals surface area contributed by atoms with Crippen LogP contribution in [0.15, 0.2) is 12.8 Å². The average molecular weight is 184 g/mol. The number of esters is 1. The molecule has 0 aromatic heterocycles. The van der Waals surface area contributed by atoms with Crippen LogP contribution in [0.25, 0.3) is 0 Å². The minimum Gasteiger partial charge on any atom is -0.435 e. The Hall–Kier alpha value is -0.790. The fourth-order valence-corrected chi connectivity index (χ4v) is 1.34. The number of hydrogen-bond acceptors (Lipinski definition) is 2. The molecule has 0 spiro atoms. The molecule has 0 N–H and O–H groups in total. The summed E-state index contributed by atoms with van der Waals surface area (Å²) in [5, 5.41) is 0. The SMILES string of the molecule is C=COC(=O)C(C)(C(C)C)C(C)C. The van der Waals surface area contributed by atoms with Gasteiger partial charge >= 0.3 is 5.97 Å². The third kappa shape index (κ3) is 2.33. The summed E-state index contributed by atoms with van der Waals surface area (Å²) in [5.74, 6) is 0.340. The minimum absolute atomic E-state index is 0.187. The topological polar surface area (TPSA) is 26.3 Å². The Morgan fingerprint density at radius 1 is 1.31 bits per heavy atom. The Bertz CT molecular complexity index is 184. The molecule has 0 rings (SSSR count). The first-order chi connectivity index (χ1) is 5.87. The van der Waals surface area contributed by atoms with Gasteiger partial charge in [-0.1, -0.05) is 34.3 Å². The monoisotopic (exact) mass is 184 g/mol. The lowest BCUT2D eigenvalue weighted by Crippen LogP contribution is -2.38. The van der Waals surface area contributed by atoms with Gasteiger partial charge in [-0.05, 0) is 18.8 Å². The predicted octanol–water partition coefficient (Wildman–Crippen LogP) is 2.99. The normalized spacial score (nSPS) is 11.9. The van der Waals surface area contributed by atoms with Crippen LogP contribution in [0.4, 0.5) is 0 Å². The lowest BCUT2D eigenvalue weighted by molar-refractivity contribution is -0.154. The van der Waals surface area contributed by atoms with E-state index in [0.717, 1.165) is 0 Å². The Labute approximate surface area is 81.0 Å². The van der Waals surface area contributed by atoms with Crippen molar-refractivity contribution in [1.82, 2.24) is 0 Å². The molecule has 0 bridgehead atoms. The number of carbonyl (C=O) groups is 1. The van der Waals surface area contributed by atoms with Crippen LogP contribution < -0.4 is 0 Å². The van der Waals surface area contributed by atoms with Gasteiger partial charge in [0, 0.05) is 0 Å². The van der Waals surface area contributed by atoms with Crippen molar-refractivity contribution in [3.05, 3.63) is 12.8 Å². The maximum absolute atomic E-state index is 11.7. The third-order valence-corrected chi connectivity index (χ3v) is 3.03. The van der Waals surface area contributed by atoms with Crippen molar-refractivity contribution >= 4 is 5.97 Å². The highest BCUT2D eigenvalue weighted by atomic mass is 16.5. The predicted molar refractivity (Wildman–Crippen MR) is 54.1 cm³/mol. The molecule has 0 aliphatic rings. The lowest BCUT2D eigenvalue weighted by atomic mass is 9.70. The van der Waals surface area contributed by atoms with Gasteiger partial charge in [-0.3, -0.25) is 4.79 Å². The summed E-state index contributed by atoms with van der Waals surface area (Å²) >= 11 is 0. The molecule has 0 unspecified atom stereocenters. The first kappa shape index (κ1) is 12.2. The van der Waals surface area contributed by atoms with Crippen LogP contribution in [0.3, 0.4) is 0 Å². The quantitative estimate of drug-likeness (QED) is 0.496. The summed E-state index contributed by atoms with van der Waals surface area (Å²) in [5.41, 5.74) is -0.422. The Kier molecular flexibility index (Phi) is 4.18. The van der Waals surface area contributed by atoms with Crippen LogP contribution in [0.2, 0.25) is 0 Å². The molecule has 13 heavy (non-hydrogen) atoms. The zero-order chi connectivity index (χ0) is 10.6. The van der Waals surface area contributed by atoms with E-state index in [0.29, 0.717) is 0 Å². The van der Waals surface area contributed by atoms with E-state index < -0.39 is 5.41 Å². The zero-order valence-electron chi connectivity index (χ0n) is 9.26. The van der Waals surface area contributed by atoms with E-state index >= 15 is 0 Å². The van der Waals surface area contributed by atoms with Crippen molar-refractivity contribution in [2.75, 3.05) is 0 Å². The van der Waals surface area contributed by atoms with E-state index in [1.54, 1.807) is 0 Å². The van der Waals surface area contributed by atoms with E-state index in [4.69, 9.17) is 4.74 Å². The number of ether oxygens (including phenoxy) is 1. The van der Waals surface area contributed by atoms with Crippen LogP contribution >= 0.6 is 0 Å². The molecule has 0 fully saturated rings. The zero-order valence-corrected chi connectivity index (χ0v) is 9.26. The molecule has 0 radical (unpaired) electrons. The van der Waals surface area contributed by atoms with Crippen LogP contribution in [-0.2, 0) is 9.53 Å². The largest absolute Gasteiger partial charge is 0.435 e. The molecule has 2 nitrogen and oxygen atoms in total. The summed E-state index contributed by atoms with van der Waals surface area (Å²) in [6, 6.07) is 0. The first-order valence-corrected chi connectivity index (χ1v) is 4.69.